The molecule has 1 fully saturated rings. The highest BCUT2D eigenvalue weighted by Crippen LogP contribution is 2.26. The number of rotatable bonds is 4. The summed E-state index contributed by atoms with van der Waals surface area (Å²) in [5.74, 6) is 0.896. The lowest BCUT2D eigenvalue weighted by Gasteiger charge is -2.35. The SMILES string of the molecule is CC(CO)(CO)N1CC(CS)CC1=O. The quantitative estimate of drug-likeness (QED) is 0.559. The zero-order chi connectivity index (χ0) is 10.8. The Hall–Kier alpha value is -0.260. The number of likely N-dealkylation sites (tertiary alicyclic amines) is 1. The summed E-state index contributed by atoms with van der Waals surface area (Å²) in [5, 5.41) is 18.3. The highest BCUT2D eigenvalue weighted by atomic mass is 32.1. The molecule has 1 unspecified atom stereocenters. The first-order valence-corrected chi connectivity index (χ1v) is 5.33. The lowest BCUT2D eigenvalue weighted by molar-refractivity contribution is -0.136. The Morgan fingerprint density at radius 1 is 1.57 bits per heavy atom. The van der Waals surface area contributed by atoms with Gasteiger partial charge in [-0.05, 0) is 18.6 Å². The van der Waals surface area contributed by atoms with Crippen molar-refractivity contribution in [2.45, 2.75) is 18.9 Å². The molecular formula is C9H17NO3S. The van der Waals surface area contributed by atoms with Gasteiger partial charge in [0.15, 0.2) is 0 Å². The predicted octanol–water partition coefficient (Wildman–Crippen LogP) is -0.492. The van der Waals surface area contributed by atoms with E-state index in [0.29, 0.717) is 18.7 Å². The zero-order valence-electron chi connectivity index (χ0n) is 8.31. The molecule has 82 valence electrons. The molecule has 0 aliphatic carbocycles. The Balaban J connectivity index is 2.73. The maximum atomic E-state index is 11.6. The fraction of sp³-hybridized carbons (Fsp3) is 0.889. The zero-order valence-corrected chi connectivity index (χ0v) is 9.20. The molecule has 1 heterocycles. The van der Waals surface area contributed by atoms with E-state index < -0.39 is 5.54 Å². The smallest absolute Gasteiger partial charge is 0.223 e. The van der Waals surface area contributed by atoms with E-state index in [-0.39, 0.29) is 25.0 Å². The van der Waals surface area contributed by atoms with E-state index in [1.165, 1.54) is 0 Å². The highest BCUT2D eigenvalue weighted by molar-refractivity contribution is 7.80. The third-order valence-corrected chi connectivity index (χ3v) is 3.31. The minimum absolute atomic E-state index is 0.00495. The molecule has 0 aromatic rings. The van der Waals surface area contributed by atoms with Crippen LogP contribution < -0.4 is 0 Å². The van der Waals surface area contributed by atoms with Crippen LogP contribution >= 0.6 is 12.6 Å². The van der Waals surface area contributed by atoms with Crippen LogP contribution in [-0.2, 0) is 4.79 Å². The monoisotopic (exact) mass is 219 g/mol. The number of carbonyl (C=O) groups is 1. The third kappa shape index (κ3) is 2.04. The van der Waals surface area contributed by atoms with E-state index in [1.54, 1.807) is 11.8 Å². The lowest BCUT2D eigenvalue weighted by Crippen LogP contribution is -2.52. The van der Waals surface area contributed by atoms with Gasteiger partial charge in [-0.2, -0.15) is 12.6 Å². The number of aliphatic hydroxyl groups excluding tert-OH is 2. The molecule has 1 aliphatic rings. The molecular weight excluding hydrogens is 202 g/mol. The van der Waals surface area contributed by atoms with Crippen LogP contribution in [0.4, 0.5) is 0 Å². The number of carbonyl (C=O) groups excluding carboxylic acids is 1. The summed E-state index contributed by atoms with van der Waals surface area (Å²) in [5.41, 5.74) is -0.825. The molecule has 2 N–H and O–H groups in total. The van der Waals surface area contributed by atoms with Crippen LogP contribution in [0, 0.1) is 5.92 Å². The standard InChI is InChI=1S/C9H17NO3S/c1-9(5-11,6-12)10-3-7(4-14)2-8(10)13/h7,11-12,14H,2-6H2,1H3. The van der Waals surface area contributed by atoms with E-state index >= 15 is 0 Å². The van der Waals surface area contributed by atoms with E-state index in [9.17, 15) is 4.79 Å². The maximum Gasteiger partial charge on any atom is 0.223 e. The van der Waals surface area contributed by atoms with Crippen molar-refractivity contribution >= 4 is 18.5 Å². The molecule has 1 aliphatic heterocycles. The molecule has 0 bridgehead atoms. The van der Waals surface area contributed by atoms with Gasteiger partial charge in [0.2, 0.25) is 5.91 Å². The summed E-state index contributed by atoms with van der Waals surface area (Å²) in [4.78, 5) is 13.1. The van der Waals surface area contributed by atoms with Crippen LogP contribution in [0.5, 0.6) is 0 Å². The van der Waals surface area contributed by atoms with Gasteiger partial charge in [-0.1, -0.05) is 0 Å². The van der Waals surface area contributed by atoms with E-state index in [4.69, 9.17) is 10.2 Å². The molecule has 0 spiro atoms. The van der Waals surface area contributed by atoms with Gasteiger partial charge in [-0.3, -0.25) is 4.79 Å². The fourth-order valence-corrected chi connectivity index (χ4v) is 1.89. The van der Waals surface area contributed by atoms with Crippen molar-refractivity contribution in [2.24, 2.45) is 5.92 Å². The first-order valence-electron chi connectivity index (χ1n) is 4.70. The number of hydrogen-bond acceptors (Lipinski definition) is 4. The maximum absolute atomic E-state index is 11.6. The minimum Gasteiger partial charge on any atom is -0.394 e. The van der Waals surface area contributed by atoms with E-state index in [0.717, 1.165) is 0 Å². The molecule has 4 nitrogen and oxygen atoms in total. The number of amides is 1. The van der Waals surface area contributed by atoms with Crippen LogP contribution in [0.2, 0.25) is 0 Å². The molecule has 0 radical (unpaired) electrons. The van der Waals surface area contributed by atoms with Gasteiger partial charge in [0.1, 0.15) is 0 Å². The van der Waals surface area contributed by atoms with Crippen molar-refractivity contribution in [3.05, 3.63) is 0 Å². The molecule has 14 heavy (non-hydrogen) atoms. The van der Waals surface area contributed by atoms with Crippen LogP contribution in [0.25, 0.3) is 0 Å². The summed E-state index contributed by atoms with van der Waals surface area (Å²) in [6.45, 7) is 1.84. The summed E-state index contributed by atoms with van der Waals surface area (Å²) in [7, 11) is 0. The number of thiol groups is 1. The van der Waals surface area contributed by atoms with Crippen LogP contribution in [0.1, 0.15) is 13.3 Å². The summed E-state index contributed by atoms with van der Waals surface area (Å²) in [6, 6.07) is 0. The highest BCUT2D eigenvalue weighted by Gasteiger charge is 2.40. The summed E-state index contributed by atoms with van der Waals surface area (Å²) >= 11 is 4.15. The van der Waals surface area contributed by atoms with Gasteiger partial charge in [0.05, 0.1) is 18.8 Å². The average molecular weight is 219 g/mol. The molecule has 0 saturated carbocycles. The Morgan fingerprint density at radius 3 is 2.50 bits per heavy atom. The largest absolute Gasteiger partial charge is 0.394 e. The number of aliphatic hydroxyl groups is 2. The summed E-state index contributed by atoms with van der Waals surface area (Å²) in [6.07, 6.45) is 0.471. The molecule has 5 heteroatoms. The van der Waals surface area contributed by atoms with E-state index in [1.807, 2.05) is 0 Å². The van der Waals surface area contributed by atoms with Crippen molar-refractivity contribution in [2.75, 3.05) is 25.5 Å². The van der Waals surface area contributed by atoms with Gasteiger partial charge < -0.3 is 15.1 Å². The molecule has 0 aromatic carbocycles. The van der Waals surface area contributed by atoms with Crippen molar-refractivity contribution in [1.29, 1.82) is 0 Å². The molecule has 1 saturated heterocycles. The Bertz CT molecular complexity index is 218. The first kappa shape index (κ1) is 11.8. The normalized spacial score (nSPS) is 23.3. The Labute approximate surface area is 89.3 Å². The van der Waals surface area contributed by atoms with Crippen molar-refractivity contribution in [3.8, 4) is 0 Å². The van der Waals surface area contributed by atoms with Crippen molar-refractivity contribution < 1.29 is 15.0 Å². The summed E-state index contributed by atoms with van der Waals surface area (Å²) < 4.78 is 0. The topological polar surface area (TPSA) is 60.8 Å². The van der Waals surface area contributed by atoms with Crippen LogP contribution in [0.15, 0.2) is 0 Å². The lowest BCUT2D eigenvalue weighted by atomic mass is 10.0. The first-order chi connectivity index (χ1) is 6.57. The second-order valence-electron chi connectivity index (χ2n) is 4.07. The van der Waals surface area contributed by atoms with Crippen molar-refractivity contribution in [3.63, 3.8) is 0 Å². The third-order valence-electron chi connectivity index (χ3n) is 2.80. The van der Waals surface area contributed by atoms with Gasteiger partial charge in [-0.25, -0.2) is 0 Å². The van der Waals surface area contributed by atoms with Gasteiger partial charge in [-0.15, -0.1) is 0 Å². The van der Waals surface area contributed by atoms with Crippen LogP contribution in [0.3, 0.4) is 0 Å². The molecule has 0 aromatic heterocycles. The fourth-order valence-electron chi connectivity index (χ4n) is 1.65. The minimum atomic E-state index is -0.825. The van der Waals surface area contributed by atoms with Gasteiger partial charge >= 0.3 is 0 Å². The number of nitrogens with zero attached hydrogens (tertiary/aromatic N) is 1. The molecule has 1 atom stereocenters. The number of hydrogen-bond donors (Lipinski definition) is 3. The van der Waals surface area contributed by atoms with Crippen LogP contribution in [-0.4, -0.2) is 52.1 Å². The second-order valence-corrected chi connectivity index (χ2v) is 4.44. The van der Waals surface area contributed by atoms with Gasteiger partial charge in [0, 0.05) is 13.0 Å². The van der Waals surface area contributed by atoms with Crippen molar-refractivity contribution in [1.82, 2.24) is 4.90 Å². The van der Waals surface area contributed by atoms with Gasteiger partial charge in [0.25, 0.3) is 0 Å². The Kier molecular flexibility index (Phi) is 3.80. The van der Waals surface area contributed by atoms with E-state index in [2.05, 4.69) is 12.6 Å². The molecule has 1 rings (SSSR count). The Morgan fingerprint density at radius 2 is 2.14 bits per heavy atom. The second kappa shape index (κ2) is 4.51. The molecule has 1 amide bonds. The predicted molar refractivity (Wildman–Crippen MR) is 56.2 cm³/mol. The average Bonchev–Trinajstić information content (AvgIpc) is 2.59.